The third-order valence-corrected chi connectivity index (χ3v) is 5.67. The topological polar surface area (TPSA) is 57.5 Å². The van der Waals surface area contributed by atoms with Gasteiger partial charge in [0.2, 0.25) is 0 Å². The second kappa shape index (κ2) is 11.9. The highest BCUT2D eigenvalue weighted by molar-refractivity contribution is 14.0. The van der Waals surface area contributed by atoms with Crippen molar-refractivity contribution in [1.82, 2.24) is 25.3 Å². The van der Waals surface area contributed by atoms with Gasteiger partial charge in [-0.2, -0.15) is 5.10 Å². The fourth-order valence-electron chi connectivity index (χ4n) is 3.88. The van der Waals surface area contributed by atoms with Gasteiger partial charge in [0.25, 0.3) is 0 Å². The Hall–Kier alpha value is -0.830. The van der Waals surface area contributed by atoms with E-state index >= 15 is 0 Å². The predicted octanol–water partition coefficient (Wildman–Crippen LogP) is 3.22. The first-order chi connectivity index (χ1) is 12.4. The van der Waals surface area contributed by atoms with Crippen LogP contribution >= 0.6 is 24.0 Å². The maximum absolute atomic E-state index is 4.49. The van der Waals surface area contributed by atoms with Gasteiger partial charge in [0.1, 0.15) is 0 Å². The molecule has 1 aliphatic heterocycles. The lowest BCUT2D eigenvalue weighted by atomic mass is 10.0. The van der Waals surface area contributed by atoms with Gasteiger partial charge in [-0.1, -0.05) is 26.7 Å². The maximum atomic E-state index is 4.49. The first kappa shape index (κ1) is 24.2. The summed E-state index contributed by atoms with van der Waals surface area (Å²) in [6, 6.07) is 0.550. The fourth-order valence-corrected chi connectivity index (χ4v) is 3.88. The van der Waals surface area contributed by atoms with Crippen molar-refractivity contribution in [3.8, 4) is 0 Å². The third-order valence-electron chi connectivity index (χ3n) is 5.67. The van der Waals surface area contributed by atoms with Gasteiger partial charge in [-0.05, 0) is 45.7 Å². The normalized spacial score (nSPS) is 17.4. The van der Waals surface area contributed by atoms with Crippen LogP contribution in [0.1, 0.15) is 56.5 Å². The standard InChI is InChI=1S/C20H38N6.HI/c1-15(2)19(26-11-9-7-8-10-12-26)14-23-20(21-5)22-13-18-16(3)24-25(6)17(18)4;/h15,19H,7-14H2,1-6H3,(H2,21,22,23);1H. The number of aryl methyl sites for hydroxylation is 2. The smallest absolute Gasteiger partial charge is 0.191 e. The fraction of sp³-hybridized carbons (Fsp3) is 0.800. The zero-order valence-corrected chi connectivity index (χ0v) is 20.3. The summed E-state index contributed by atoms with van der Waals surface area (Å²) in [6.07, 6.45) is 5.41. The van der Waals surface area contributed by atoms with Crippen molar-refractivity contribution < 1.29 is 0 Å². The molecular weight excluding hydrogens is 451 g/mol. The van der Waals surface area contributed by atoms with E-state index in [9.17, 15) is 0 Å². The van der Waals surface area contributed by atoms with Gasteiger partial charge in [0.05, 0.1) is 5.69 Å². The van der Waals surface area contributed by atoms with Crippen molar-refractivity contribution in [2.75, 3.05) is 26.7 Å². The van der Waals surface area contributed by atoms with Crippen LogP contribution in [0.2, 0.25) is 0 Å². The van der Waals surface area contributed by atoms with Crippen LogP contribution in [-0.4, -0.2) is 53.4 Å². The summed E-state index contributed by atoms with van der Waals surface area (Å²) >= 11 is 0. The molecule has 27 heavy (non-hydrogen) atoms. The summed E-state index contributed by atoms with van der Waals surface area (Å²) in [5.74, 6) is 1.50. The van der Waals surface area contributed by atoms with E-state index in [-0.39, 0.29) is 24.0 Å². The molecule has 156 valence electrons. The molecule has 2 rings (SSSR count). The molecule has 0 aromatic carbocycles. The Morgan fingerprint density at radius 1 is 1.11 bits per heavy atom. The van der Waals surface area contributed by atoms with Gasteiger partial charge in [0, 0.05) is 44.5 Å². The lowest BCUT2D eigenvalue weighted by molar-refractivity contribution is 0.161. The zero-order valence-electron chi connectivity index (χ0n) is 18.0. The van der Waals surface area contributed by atoms with Gasteiger partial charge in [-0.25, -0.2) is 0 Å². The Kier molecular flexibility index (Phi) is 10.7. The molecule has 2 N–H and O–H groups in total. The zero-order chi connectivity index (χ0) is 19.1. The summed E-state index contributed by atoms with van der Waals surface area (Å²) in [4.78, 5) is 7.09. The lowest BCUT2D eigenvalue weighted by Gasteiger charge is -2.34. The van der Waals surface area contributed by atoms with E-state index in [2.05, 4.69) is 53.3 Å². The molecule has 1 aliphatic rings. The number of aromatic nitrogens is 2. The molecule has 0 bridgehead atoms. The van der Waals surface area contributed by atoms with E-state index in [1.54, 1.807) is 0 Å². The Balaban J connectivity index is 0.00000364. The van der Waals surface area contributed by atoms with Crippen molar-refractivity contribution in [2.24, 2.45) is 18.0 Å². The highest BCUT2D eigenvalue weighted by atomic mass is 127. The van der Waals surface area contributed by atoms with Crippen molar-refractivity contribution >= 4 is 29.9 Å². The second-order valence-electron chi connectivity index (χ2n) is 7.84. The SMILES string of the molecule is CN=C(NCc1c(C)nn(C)c1C)NCC(C(C)C)N1CCCCCC1.I. The minimum absolute atomic E-state index is 0. The van der Waals surface area contributed by atoms with Crippen LogP contribution in [0.15, 0.2) is 4.99 Å². The molecule has 1 fully saturated rings. The van der Waals surface area contributed by atoms with Crippen LogP contribution in [0, 0.1) is 19.8 Å². The summed E-state index contributed by atoms with van der Waals surface area (Å²) in [7, 11) is 3.84. The molecule has 6 nitrogen and oxygen atoms in total. The summed E-state index contributed by atoms with van der Waals surface area (Å²) in [6.45, 7) is 13.0. The number of aliphatic imine (C=N–C) groups is 1. The second-order valence-corrected chi connectivity index (χ2v) is 7.84. The number of rotatable bonds is 6. The van der Waals surface area contributed by atoms with Crippen molar-refractivity contribution in [3.05, 3.63) is 17.0 Å². The van der Waals surface area contributed by atoms with Crippen molar-refractivity contribution in [1.29, 1.82) is 0 Å². The Morgan fingerprint density at radius 3 is 2.22 bits per heavy atom. The molecule has 0 spiro atoms. The molecule has 0 saturated carbocycles. The van der Waals surface area contributed by atoms with Crippen LogP contribution in [-0.2, 0) is 13.6 Å². The molecule has 1 aromatic rings. The predicted molar refractivity (Wildman–Crippen MR) is 125 cm³/mol. The van der Waals surface area contributed by atoms with Gasteiger partial charge >= 0.3 is 0 Å². The minimum atomic E-state index is 0. The highest BCUT2D eigenvalue weighted by Gasteiger charge is 2.23. The average molecular weight is 490 g/mol. The first-order valence-corrected chi connectivity index (χ1v) is 10.1. The summed E-state index contributed by atoms with van der Waals surface area (Å²) < 4.78 is 1.94. The molecule has 1 unspecified atom stereocenters. The average Bonchev–Trinajstić information content (AvgIpc) is 2.79. The number of nitrogens with zero attached hydrogens (tertiary/aromatic N) is 4. The highest BCUT2D eigenvalue weighted by Crippen LogP contribution is 2.17. The molecule has 1 atom stereocenters. The third kappa shape index (κ3) is 6.93. The monoisotopic (exact) mass is 490 g/mol. The summed E-state index contributed by atoms with van der Waals surface area (Å²) in [5, 5.41) is 11.5. The number of halogens is 1. The minimum Gasteiger partial charge on any atom is -0.355 e. The van der Waals surface area contributed by atoms with Gasteiger partial charge in [-0.3, -0.25) is 14.6 Å². The largest absolute Gasteiger partial charge is 0.355 e. The molecule has 1 saturated heterocycles. The first-order valence-electron chi connectivity index (χ1n) is 10.1. The van der Waals surface area contributed by atoms with Gasteiger partial charge < -0.3 is 10.6 Å². The Labute approximate surface area is 182 Å². The van der Waals surface area contributed by atoms with E-state index in [4.69, 9.17) is 0 Å². The molecule has 0 amide bonds. The number of hydrogen-bond donors (Lipinski definition) is 2. The molecular formula is C20H39IN6. The molecule has 7 heteroatoms. The van der Waals surface area contributed by atoms with Crippen LogP contribution in [0.4, 0.5) is 0 Å². The lowest BCUT2D eigenvalue weighted by Crippen LogP contribution is -2.49. The molecule has 2 heterocycles. The van der Waals surface area contributed by atoms with Crippen LogP contribution < -0.4 is 10.6 Å². The summed E-state index contributed by atoms with van der Waals surface area (Å²) in [5.41, 5.74) is 3.54. The van der Waals surface area contributed by atoms with E-state index in [1.807, 2.05) is 18.8 Å². The van der Waals surface area contributed by atoms with E-state index in [1.165, 1.54) is 50.0 Å². The van der Waals surface area contributed by atoms with Crippen molar-refractivity contribution in [3.63, 3.8) is 0 Å². The van der Waals surface area contributed by atoms with E-state index in [0.29, 0.717) is 12.0 Å². The van der Waals surface area contributed by atoms with E-state index < -0.39 is 0 Å². The van der Waals surface area contributed by atoms with E-state index in [0.717, 1.165) is 24.7 Å². The number of likely N-dealkylation sites (tertiary alicyclic amines) is 1. The number of nitrogens with one attached hydrogen (secondary N) is 2. The van der Waals surface area contributed by atoms with Gasteiger partial charge in [0.15, 0.2) is 5.96 Å². The quantitative estimate of drug-likeness (QED) is 0.365. The Bertz CT molecular complexity index is 588. The molecule has 0 radical (unpaired) electrons. The van der Waals surface area contributed by atoms with Gasteiger partial charge in [-0.15, -0.1) is 24.0 Å². The maximum Gasteiger partial charge on any atom is 0.191 e. The number of guanidine groups is 1. The number of hydrogen-bond acceptors (Lipinski definition) is 3. The van der Waals surface area contributed by atoms with Crippen LogP contribution in [0.3, 0.4) is 0 Å². The molecule has 1 aromatic heterocycles. The van der Waals surface area contributed by atoms with Crippen molar-refractivity contribution in [2.45, 2.75) is 66.0 Å². The Morgan fingerprint density at radius 2 is 1.74 bits per heavy atom. The van der Waals surface area contributed by atoms with Crippen LogP contribution in [0.25, 0.3) is 0 Å². The van der Waals surface area contributed by atoms with Crippen LogP contribution in [0.5, 0.6) is 0 Å². The molecule has 0 aliphatic carbocycles.